The number of rotatable bonds is 5. The van der Waals surface area contributed by atoms with Gasteiger partial charge in [-0.15, -0.1) is 0 Å². The number of hydrogen-bond donors (Lipinski definition) is 2. The lowest BCUT2D eigenvalue weighted by molar-refractivity contribution is -0.122. The lowest BCUT2D eigenvalue weighted by Gasteiger charge is -2.28. The Labute approximate surface area is 78.0 Å². The van der Waals surface area contributed by atoms with E-state index < -0.39 is 11.6 Å². The molecule has 5 nitrogen and oxygen atoms in total. The average molecular weight is 187 g/mol. The van der Waals surface area contributed by atoms with Gasteiger partial charge in [0.25, 0.3) is 0 Å². The smallest absolute Gasteiger partial charge is 0.221 e. The van der Waals surface area contributed by atoms with Crippen molar-refractivity contribution in [2.45, 2.75) is 38.8 Å². The van der Waals surface area contributed by atoms with E-state index in [1.165, 1.54) is 0 Å². The van der Waals surface area contributed by atoms with E-state index in [4.69, 9.17) is 5.73 Å². The summed E-state index contributed by atoms with van der Waals surface area (Å²) < 4.78 is 0. The number of carbonyl (C=O) groups is 1. The van der Waals surface area contributed by atoms with Crippen molar-refractivity contribution in [3.05, 3.63) is 4.91 Å². The van der Waals surface area contributed by atoms with Crippen LogP contribution in [-0.2, 0) is 4.79 Å². The fraction of sp³-hybridized carbons (Fsp3) is 0.875. The Morgan fingerprint density at radius 3 is 2.54 bits per heavy atom. The molecule has 0 fully saturated rings. The normalized spacial score (nSPS) is 13.5. The standard InChI is InChI=1S/C8H17N3O2/c1-6(11-13)8(2,3)10-7(12)4-5-9/h6H,4-5,9H2,1-3H3,(H,10,12). The van der Waals surface area contributed by atoms with Crippen molar-refractivity contribution in [2.75, 3.05) is 6.54 Å². The number of nitrogens with two attached hydrogens (primary N) is 1. The van der Waals surface area contributed by atoms with E-state index in [1.807, 2.05) is 0 Å². The molecular formula is C8H17N3O2. The third kappa shape index (κ3) is 3.98. The first kappa shape index (κ1) is 12.0. The summed E-state index contributed by atoms with van der Waals surface area (Å²) in [7, 11) is 0. The van der Waals surface area contributed by atoms with Crippen molar-refractivity contribution < 1.29 is 4.79 Å². The molecule has 0 rings (SSSR count). The second-order valence-electron chi connectivity index (χ2n) is 3.59. The van der Waals surface area contributed by atoms with Gasteiger partial charge in [0.2, 0.25) is 5.91 Å². The van der Waals surface area contributed by atoms with Crippen LogP contribution in [0.15, 0.2) is 5.18 Å². The number of nitroso groups, excluding NO2 is 1. The van der Waals surface area contributed by atoms with E-state index in [9.17, 15) is 9.70 Å². The van der Waals surface area contributed by atoms with Crippen LogP contribution in [0, 0.1) is 4.91 Å². The summed E-state index contributed by atoms with van der Waals surface area (Å²) in [5.74, 6) is -0.150. The fourth-order valence-electron chi connectivity index (χ4n) is 0.789. The number of nitrogens with one attached hydrogen (secondary N) is 1. The van der Waals surface area contributed by atoms with Crippen molar-refractivity contribution >= 4 is 5.91 Å². The summed E-state index contributed by atoms with van der Waals surface area (Å²) >= 11 is 0. The number of nitrogens with zero attached hydrogens (tertiary/aromatic N) is 1. The molecule has 0 aliphatic heterocycles. The molecule has 0 saturated heterocycles. The summed E-state index contributed by atoms with van der Waals surface area (Å²) in [6, 6.07) is -0.450. The Balaban J connectivity index is 4.15. The minimum Gasteiger partial charge on any atom is -0.349 e. The van der Waals surface area contributed by atoms with Gasteiger partial charge in [-0.05, 0) is 20.8 Å². The van der Waals surface area contributed by atoms with Gasteiger partial charge in [-0.1, -0.05) is 5.18 Å². The van der Waals surface area contributed by atoms with E-state index in [0.717, 1.165) is 0 Å². The van der Waals surface area contributed by atoms with Crippen LogP contribution in [0.1, 0.15) is 27.2 Å². The first-order valence-electron chi connectivity index (χ1n) is 4.27. The van der Waals surface area contributed by atoms with E-state index in [1.54, 1.807) is 20.8 Å². The van der Waals surface area contributed by atoms with Crippen LogP contribution in [0.5, 0.6) is 0 Å². The Kier molecular flexibility index (Phi) is 4.55. The summed E-state index contributed by atoms with van der Waals surface area (Å²) in [6.45, 7) is 5.49. The van der Waals surface area contributed by atoms with Crippen molar-refractivity contribution in [3.8, 4) is 0 Å². The van der Waals surface area contributed by atoms with E-state index in [0.29, 0.717) is 6.54 Å². The second-order valence-corrected chi connectivity index (χ2v) is 3.59. The molecule has 0 aliphatic carbocycles. The van der Waals surface area contributed by atoms with Gasteiger partial charge in [-0.25, -0.2) is 0 Å². The van der Waals surface area contributed by atoms with Crippen LogP contribution in [-0.4, -0.2) is 24.0 Å². The molecule has 1 unspecified atom stereocenters. The van der Waals surface area contributed by atoms with Gasteiger partial charge in [-0.3, -0.25) is 4.79 Å². The third-order valence-electron chi connectivity index (χ3n) is 2.04. The zero-order chi connectivity index (χ0) is 10.5. The monoisotopic (exact) mass is 187 g/mol. The fourth-order valence-corrected chi connectivity index (χ4v) is 0.789. The molecule has 0 aliphatic rings. The molecule has 1 atom stereocenters. The molecule has 0 bridgehead atoms. The SMILES string of the molecule is CC(N=O)C(C)(C)NC(=O)CCN. The quantitative estimate of drug-likeness (QED) is 0.610. The van der Waals surface area contributed by atoms with Gasteiger partial charge < -0.3 is 11.1 Å². The molecule has 0 aromatic carbocycles. The third-order valence-corrected chi connectivity index (χ3v) is 2.04. The largest absolute Gasteiger partial charge is 0.349 e. The van der Waals surface area contributed by atoms with Gasteiger partial charge in [-0.2, -0.15) is 4.91 Å². The highest BCUT2D eigenvalue weighted by Gasteiger charge is 2.28. The van der Waals surface area contributed by atoms with Crippen molar-refractivity contribution in [1.29, 1.82) is 0 Å². The summed E-state index contributed by atoms with van der Waals surface area (Å²) in [6.07, 6.45) is 0.273. The van der Waals surface area contributed by atoms with Gasteiger partial charge in [0.15, 0.2) is 0 Å². The Morgan fingerprint density at radius 1 is 1.62 bits per heavy atom. The van der Waals surface area contributed by atoms with Crippen LogP contribution < -0.4 is 11.1 Å². The molecule has 0 aromatic heterocycles. The molecule has 0 spiro atoms. The predicted octanol–water partition coefficient (Wildman–Crippen LogP) is 0.385. The minimum absolute atomic E-state index is 0.150. The Bertz CT molecular complexity index is 192. The molecule has 0 aromatic rings. The molecule has 3 N–H and O–H groups in total. The van der Waals surface area contributed by atoms with Crippen LogP contribution in [0.2, 0.25) is 0 Å². The van der Waals surface area contributed by atoms with Crippen LogP contribution >= 0.6 is 0 Å². The highest BCUT2D eigenvalue weighted by molar-refractivity contribution is 5.76. The Morgan fingerprint density at radius 2 is 2.15 bits per heavy atom. The van der Waals surface area contributed by atoms with Gasteiger partial charge in [0.05, 0.1) is 5.54 Å². The first-order valence-corrected chi connectivity index (χ1v) is 4.27. The summed E-state index contributed by atoms with van der Waals surface area (Å²) in [4.78, 5) is 21.4. The molecule has 13 heavy (non-hydrogen) atoms. The zero-order valence-electron chi connectivity index (χ0n) is 8.33. The number of hydrogen-bond acceptors (Lipinski definition) is 4. The highest BCUT2D eigenvalue weighted by Crippen LogP contribution is 2.11. The lowest BCUT2D eigenvalue weighted by Crippen LogP contribution is -2.50. The van der Waals surface area contributed by atoms with Gasteiger partial charge in [0, 0.05) is 13.0 Å². The van der Waals surface area contributed by atoms with E-state index in [2.05, 4.69) is 10.5 Å². The van der Waals surface area contributed by atoms with Crippen LogP contribution in [0.4, 0.5) is 0 Å². The average Bonchev–Trinajstić information content (AvgIpc) is 2.02. The topological polar surface area (TPSA) is 84.5 Å². The molecule has 1 amide bonds. The highest BCUT2D eigenvalue weighted by atomic mass is 16.3. The van der Waals surface area contributed by atoms with Crippen LogP contribution in [0.3, 0.4) is 0 Å². The second kappa shape index (κ2) is 4.91. The maximum absolute atomic E-state index is 11.1. The van der Waals surface area contributed by atoms with Crippen molar-refractivity contribution in [3.63, 3.8) is 0 Å². The summed E-state index contributed by atoms with van der Waals surface area (Å²) in [5.41, 5.74) is 4.61. The number of amides is 1. The zero-order valence-corrected chi connectivity index (χ0v) is 8.33. The maximum Gasteiger partial charge on any atom is 0.221 e. The van der Waals surface area contributed by atoms with Gasteiger partial charge in [0.1, 0.15) is 6.04 Å². The Hall–Kier alpha value is -0.970. The molecular weight excluding hydrogens is 170 g/mol. The minimum atomic E-state index is -0.603. The summed E-state index contributed by atoms with van der Waals surface area (Å²) in [5, 5.41) is 5.57. The number of carbonyl (C=O) groups excluding carboxylic acids is 1. The molecule has 5 heteroatoms. The first-order chi connectivity index (χ1) is 5.94. The molecule has 76 valence electrons. The van der Waals surface area contributed by atoms with E-state index >= 15 is 0 Å². The molecule has 0 radical (unpaired) electrons. The molecule has 0 heterocycles. The van der Waals surface area contributed by atoms with E-state index in [-0.39, 0.29) is 12.3 Å². The van der Waals surface area contributed by atoms with Crippen LogP contribution in [0.25, 0.3) is 0 Å². The van der Waals surface area contributed by atoms with Crippen molar-refractivity contribution in [1.82, 2.24) is 5.32 Å². The predicted molar refractivity (Wildman–Crippen MR) is 51.2 cm³/mol. The molecule has 0 saturated carbocycles. The van der Waals surface area contributed by atoms with Gasteiger partial charge >= 0.3 is 0 Å². The maximum atomic E-state index is 11.1. The lowest BCUT2D eigenvalue weighted by atomic mass is 9.96. The van der Waals surface area contributed by atoms with Crippen molar-refractivity contribution in [2.24, 2.45) is 10.9 Å².